The van der Waals surface area contributed by atoms with Gasteiger partial charge in [0.05, 0.1) is 0 Å². The van der Waals surface area contributed by atoms with Crippen LogP contribution in [0.1, 0.15) is 32.6 Å². The summed E-state index contributed by atoms with van der Waals surface area (Å²) in [6.45, 7) is 7.21. The van der Waals surface area contributed by atoms with Gasteiger partial charge < -0.3 is 5.32 Å². The van der Waals surface area contributed by atoms with E-state index in [1.807, 2.05) is 17.8 Å². The lowest BCUT2D eigenvalue weighted by Gasteiger charge is -2.20. The van der Waals surface area contributed by atoms with Crippen molar-refractivity contribution >= 4 is 11.8 Å². The van der Waals surface area contributed by atoms with Crippen molar-refractivity contribution in [3.05, 3.63) is 12.7 Å². The summed E-state index contributed by atoms with van der Waals surface area (Å²) >= 11 is 1.96. The Morgan fingerprint density at radius 3 is 2.86 bits per heavy atom. The molecular weight excluding hydrogens is 190 g/mol. The molecule has 0 aromatic heterocycles. The van der Waals surface area contributed by atoms with Gasteiger partial charge in [-0.05, 0) is 25.7 Å². The molecule has 82 valence electrons. The Balaban J connectivity index is 1.96. The first-order chi connectivity index (χ1) is 6.84. The smallest absolute Gasteiger partial charge is 0.0111 e. The summed E-state index contributed by atoms with van der Waals surface area (Å²) in [4.78, 5) is 0. The van der Waals surface area contributed by atoms with Crippen LogP contribution in [0.4, 0.5) is 0 Å². The van der Waals surface area contributed by atoms with Gasteiger partial charge in [-0.25, -0.2) is 0 Å². The van der Waals surface area contributed by atoms with Crippen molar-refractivity contribution in [3.63, 3.8) is 0 Å². The molecule has 1 rings (SSSR count). The highest BCUT2D eigenvalue weighted by atomic mass is 32.2. The molecule has 14 heavy (non-hydrogen) atoms. The first kappa shape index (κ1) is 12.1. The second-order valence-corrected chi connectivity index (χ2v) is 5.30. The maximum atomic E-state index is 3.72. The minimum Gasteiger partial charge on any atom is -0.313 e. The van der Waals surface area contributed by atoms with Gasteiger partial charge in [-0.1, -0.05) is 18.9 Å². The lowest BCUT2D eigenvalue weighted by Crippen LogP contribution is -2.33. The molecule has 0 saturated heterocycles. The third kappa shape index (κ3) is 4.52. The molecule has 0 radical (unpaired) electrons. The maximum absolute atomic E-state index is 3.72. The van der Waals surface area contributed by atoms with Gasteiger partial charge in [0.15, 0.2) is 0 Å². The number of thioether (sulfide) groups is 1. The molecule has 1 unspecified atom stereocenters. The first-order valence-electron chi connectivity index (χ1n) is 5.76. The molecule has 0 aliphatic heterocycles. The summed E-state index contributed by atoms with van der Waals surface area (Å²) in [7, 11) is 0. The van der Waals surface area contributed by atoms with Gasteiger partial charge in [0.25, 0.3) is 0 Å². The molecule has 1 aliphatic carbocycles. The van der Waals surface area contributed by atoms with Gasteiger partial charge in [-0.2, -0.15) is 11.8 Å². The molecule has 1 atom stereocenters. The first-order valence-corrected chi connectivity index (χ1v) is 6.92. The number of hydrogen-bond donors (Lipinski definition) is 1. The molecule has 1 aliphatic rings. The van der Waals surface area contributed by atoms with E-state index in [1.165, 1.54) is 31.4 Å². The van der Waals surface area contributed by atoms with Gasteiger partial charge in [-0.3, -0.25) is 0 Å². The SMILES string of the molecule is C=CCSCCNC(C)C1CCCC1. The molecule has 0 heterocycles. The summed E-state index contributed by atoms with van der Waals surface area (Å²) in [6.07, 6.45) is 7.75. The lowest BCUT2D eigenvalue weighted by molar-refractivity contribution is 0.390. The minimum atomic E-state index is 0.724. The van der Waals surface area contributed by atoms with Gasteiger partial charge in [0, 0.05) is 24.1 Å². The summed E-state index contributed by atoms with van der Waals surface area (Å²) < 4.78 is 0. The third-order valence-electron chi connectivity index (χ3n) is 3.06. The van der Waals surface area contributed by atoms with E-state index in [4.69, 9.17) is 0 Å². The predicted octanol–water partition coefficient (Wildman–Crippen LogP) is 3.07. The maximum Gasteiger partial charge on any atom is 0.0111 e. The zero-order valence-electron chi connectivity index (χ0n) is 9.30. The average Bonchev–Trinajstić information content (AvgIpc) is 2.70. The second-order valence-electron chi connectivity index (χ2n) is 4.15. The van der Waals surface area contributed by atoms with E-state index in [-0.39, 0.29) is 0 Å². The van der Waals surface area contributed by atoms with Crippen molar-refractivity contribution in [2.24, 2.45) is 5.92 Å². The molecule has 0 aromatic rings. The van der Waals surface area contributed by atoms with Crippen molar-refractivity contribution in [1.82, 2.24) is 5.32 Å². The molecule has 0 amide bonds. The summed E-state index contributed by atoms with van der Waals surface area (Å²) in [5.74, 6) is 3.24. The van der Waals surface area contributed by atoms with Crippen LogP contribution in [0.2, 0.25) is 0 Å². The Labute approximate surface area is 92.7 Å². The fraction of sp³-hybridized carbons (Fsp3) is 0.833. The fourth-order valence-corrected chi connectivity index (χ4v) is 2.75. The van der Waals surface area contributed by atoms with E-state index in [9.17, 15) is 0 Å². The average molecular weight is 213 g/mol. The molecule has 0 aromatic carbocycles. The Bertz CT molecular complexity index is 152. The van der Waals surface area contributed by atoms with Crippen molar-refractivity contribution in [1.29, 1.82) is 0 Å². The topological polar surface area (TPSA) is 12.0 Å². The quantitative estimate of drug-likeness (QED) is 0.515. The van der Waals surface area contributed by atoms with Crippen molar-refractivity contribution in [2.45, 2.75) is 38.6 Å². The molecule has 2 heteroatoms. The van der Waals surface area contributed by atoms with Crippen LogP contribution in [0.15, 0.2) is 12.7 Å². The molecule has 1 fully saturated rings. The van der Waals surface area contributed by atoms with E-state index < -0.39 is 0 Å². The molecule has 1 N–H and O–H groups in total. The second kappa shape index (κ2) is 7.36. The third-order valence-corrected chi connectivity index (χ3v) is 4.02. The normalized spacial score (nSPS) is 19.8. The van der Waals surface area contributed by atoms with Crippen LogP contribution in [0.3, 0.4) is 0 Å². The van der Waals surface area contributed by atoms with E-state index in [0.29, 0.717) is 0 Å². The summed E-state index contributed by atoms with van der Waals surface area (Å²) in [5.41, 5.74) is 0. The molecule has 1 saturated carbocycles. The number of hydrogen-bond acceptors (Lipinski definition) is 2. The van der Waals surface area contributed by atoms with Crippen molar-refractivity contribution in [2.75, 3.05) is 18.1 Å². The van der Waals surface area contributed by atoms with Crippen LogP contribution in [0.5, 0.6) is 0 Å². The highest BCUT2D eigenvalue weighted by Gasteiger charge is 2.20. The monoisotopic (exact) mass is 213 g/mol. The molecule has 0 spiro atoms. The largest absolute Gasteiger partial charge is 0.313 e. The van der Waals surface area contributed by atoms with Crippen LogP contribution in [0, 0.1) is 5.92 Å². The van der Waals surface area contributed by atoms with Gasteiger partial charge in [0.2, 0.25) is 0 Å². The fourth-order valence-electron chi connectivity index (χ4n) is 2.15. The predicted molar refractivity (Wildman–Crippen MR) is 66.9 cm³/mol. The summed E-state index contributed by atoms with van der Waals surface area (Å²) in [5, 5.41) is 3.63. The molecule has 1 nitrogen and oxygen atoms in total. The van der Waals surface area contributed by atoms with E-state index in [1.54, 1.807) is 0 Å². The molecular formula is C12H23NS. The van der Waals surface area contributed by atoms with E-state index in [0.717, 1.165) is 24.3 Å². The van der Waals surface area contributed by atoms with Gasteiger partial charge in [0.1, 0.15) is 0 Å². The Hall–Kier alpha value is 0.0500. The Kier molecular flexibility index (Phi) is 6.37. The highest BCUT2D eigenvalue weighted by molar-refractivity contribution is 7.99. The van der Waals surface area contributed by atoms with Gasteiger partial charge >= 0.3 is 0 Å². The highest BCUT2D eigenvalue weighted by Crippen LogP contribution is 2.27. The van der Waals surface area contributed by atoms with E-state index >= 15 is 0 Å². The van der Waals surface area contributed by atoms with Crippen LogP contribution >= 0.6 is 11.8 Å². The zero-order valence-corrected chi connectivity index (χ0v) is 10.1. The minimum absolute atomic E-state index is 0.724. The lowest BCUT2D eigenvalue weighted by atomic mass is 10.00. The number of nitrogens with one attached hydrogen (secondary N) is 1. The number of rotatable bonds is 7. The van der Waals surface area contributed by atoms with Crippen LogP contribution < -0.4 is 5.32 Å². The van der Waals surface area contributed by atoms with Crippen molar-refractivity contribution in [3.8, 4) is 0 Å². The zero-order chi connectivity index (χ0) is 10.2. The van der Waals surface area contributed by atoms with Crippen LogP contribution in [-0.2, 0) is 0 Å². The Morgan fingerprint density at radius 2 is 2.21 bits per heavy atom. The Morgan fingerprint density at radius 1 is 1.50 bits per heavy atom. The van der Waals surface area contributed by atoms with Crippen molar-refractivity contribution < 1.29 is 0 Å². The standard InChI is InChI=1S/C12H23NS/c1-3-9-14-10-8-13-11(2)12-6-4-5-7-12/h3,11-13H,1,4-10H2,2H3. The summed E-state index contributed by atoms with van der Waals surface area (Å²) in [6, 6.07) is 0.724. The van der Waals surface area contributed by atoms with Gasteiger partial charge in [-0.15, -0.1) is 6.58 Å². The van der Waals surface area contributed by atoms with E-state index in [2.05, 4.69) is 18.8 Å². The van der Waals surface area contributed by atoms with Crippen LogP contribution in [0.25, 0.3) is 0 Å². The molecule has 0 bridgehead atoms. The van der Waals surface area contributed by atoms with Crippen LogP contribution in [-0.4, -0.2) is 24.1 Å².